The predicted molar refractivity (Wildman–Crippen MR) is 87.1 cm³/mol. The average molecular weight is 317 g/mol. The molecule has 2 aromatic rings. The van der Waals surface area contributed by atoms with Gasteiger partial charge < -0.3 is 10.2 Å². The molecule has 0 radical (unpaired) electrons. The van der Waals surface area contributed by atoms with Crippen LogP contribution in [0.2, 0.25) is 5.02 Å². The Morgan fingerprint density at radius 3 is 3.05 bits per heavy atom. The van der Waals surface area contributed by atoms with E-state index in [4.69, 9.17) is 11.6 Å². The van der Waals surface area contributed by atoms with Crippen LogP contribution in [0.5, 0.6) is 0 Å². The second kappa shape index (κ2) is 6.75. The Morgan fingerprint density at radius 1 is 1.36 bits per heavy atom. The zero-order chi connectivity index (χ0) is 15.4. The Kier molecular flexibility index (Phi) is 4.53. The van der Waals surface area contributed by atoms with Crippen molar-refractivity contribution in [2.75, 3.05) is 23.3 Å². The van der Waals surface area contributed by atoms with Gasteiger partial charge in [0.1, 0.15) is 5.82 Å². The SMILES string of the molecule is O=C(Nc1cccc(Cl)c1)[C@@H]1CCCN(c2cnccn2)C1. The van der Waals surface area contributed by atoms with Crippen LogP contribution in [-0.2, 0) is 4.79 Å². The summed E-state index contributed by atoms with van der Waals surface area (Å²) in [7, 11) is 0. The highest BCUT2D eigenvalue weighted by molar-refractivity contribution is 6.30. The van der Waals surface area contributed by atoms with Crippen molar-refractivity contribution in [1.82, 2.24) is 9.97 Å². The molecule has 1 saturated heterocycles. The number of amides is 1. The van der Waals surface area contributed by atoms with Crippen LogP contribution < -0.4 is 10.2 Å². The van der Waals surface area contributed by atoms with Crippen molar-refractivity contribution >= 4 is 29.0 Å². The van der Waals surface area contributed by atoms with E-state index in [2.05, 4.69) is 20.2 Å². The van der Waals surface area contributed by atoms with Gasteiger partial charge in [-0.25, -0.2) is 4.98 Å². The molecule has 1 N–H and O–H groups in total. The van der Waals surface area contributed by atoms with E-state index in [0.717, 1.165) is 30.9 Å². The van der Waals surface area contributed by atoms with E-state index in [9.17, 15) is 4.79 Å². The lowest BCUT2D eigenvalue weighted by Gasteiger charge is -2.32. The van der Waals surface area contributed by atoms with E-state index in [0.29, 0.717) is 11.6 Å². The summed E-state index contributed by atoms with van der Waals surface area (Å²) < 4.78 is 0. The molecule has 6 heteroatoms. The first-order valence-corrected chi connectivity index (χ1v) is 7.67. The lowest BCUT2D eigenvalue weighted by Crippen LogP contribution is -2.41. The van der Waals surface area contributed by atoms with E-state index in [1.807, 2.05) is 12.1 Å². The number of hydrogen-bond donors (Lipinski definition) is 1. The van der Waals surface area contributed by atoms with Crippen LogP contribution in [0.25, 0.3) is 0 Å². The molecule has 1 atom stereocenters. The van der Waals surface area contributed by atoms with Gasteiger partial charge >= 0.3 is 0 Å². The predicted octanol–water partition coefficient (Wildman–Crippen LogP) is 2.99. The van der Waals surface area contributed by atoms with Crippen molar-refractivity contribution in [1.29, 1.82) is 0 Å². The lowest BCUT2D eigenvalue weighted by molar-refractivity contribution is -0.120. The van der Waals surface area contributed by atoms with Gasteiger partial charge in [-0.3, -0.25) is 9.78 Å². The molecular formula is C16H17ClN4O. The summed E-state index contributed by atoms with van der Waals surface area (Å²) in [5.41, 5.74) is 0.731. The fraction of sp³-hybridized carbons (Fsp3) is 0.312. The van der Waals surface area contributed by atoms with Crippen LogP contribution in [0.4, 0.5) is 11.5 Å². The number of carbonyl (C=O) groups is 1. The topological polar surface area (TPSA) is 58.1 Å². The number of halogens is 1. The standard InChI is InChI=1S/C16H17ClN4O/c17-13-4-1-5-14(9-13)20-16(22)12-3-2-8-21(11-12)15-10-18-6-7-19-15/h1,4-7,9-10,12H,2-3,8,11H2,(H,20,22)/t12-/m1/s1. The molecule has 1 aromatic carbocycles. The quantitative estimate of drug-likeness (QED) is 0.945. The molecule has 1 aliphatic heterocycles. The van der Waals surface area contributed by atoms with E-state index in [1.54, 1.807) is 30.7 Å². The minimum atomic E-state index is -0.0604. The monoisotopic (exact) mass is 316 g/mol. The smallest absolute Gasteiger partial charge is 0.229 e. The molecule has 0 spiro atoms. The molecule has 22 heavy (non-hydrogen) atoms. The Bertz CT molecular complexity index is 650. The van der Waals surface area contributed by atoms with E-state index < -0.39 is 0 Å². The number of carbonyl (C=O) groups excluding carboxylic acids is 1. The summed E-state index contributed by atoms with van der Waals surface area (Å²) in [6.07, 6.45) is 6.90. The van der Waals surface area contributed by atoms with Crippen LogP contribution in [0, 0.1) is 5.92 Å². The number of benzene rings is 1. The van der Waals surface area contributed by atoms with Crippen molar-refractivity contribution in [3.05, 3.63) is 47.9 Å². The van der Waals surface area contributed by atoms with Crippen molar-refractivity contribution < 1.29 is 4.79 Å². The number of nitrogens with zero attached hydrogens (tertiary/aromatic N) is 3. The summed E-state index contributed by atoms with van der Waals surface area (Å²) in [5.74, 6) is 0.786. The van der Waals surface area contributed by atoms with Gasteiger partial charge in [0.2, 0.25) is 5.91 Å². The van der Waals surface area contributed by atoms with Gasteiger partial charge in [0.15, 0.2) is 0 Å². The number of anilines is 2. The maximum absolute atomic E-state index is 12.4. The van der Waals surface area contributed by atoms with Gasteiger partial charge in [-0.2, -0.15) is 0 Å². The summed E-state index contributed by atoms with van der Waals surface area (Å²) in [6.45, 7) is 1.56. The van der Waals surface area contributed by atoms with Crippen molar-refractivity contribution in [2.45, 2.75) is 12.8 Å². The molecular weight excluding hydrogens is 300 g/mol. The molecule has 1 amide bonds. The maximum Gasteiger partial charge on any atom is 0.229 e. The molecule has 1 aromatic heterocycles. The zero-order valence-corrected chi connectivity index (χ0v) is 12.8. The van der Waals surface area contributed by atoms with Gasteiger partial charge in [0.25, 0.3) is 0 Å². The molecule has 0 unspecified atom stereocenters. The normalized spacial score (nSPS) is 18.0. The van der Waals surface area contributed by atoms with Gasteiger partial charge in [-0.1, -0.05) is 17.7 Å². The molecule has 0 saturated carbocycles. The summed E-state index contributed by atoms with van der Waals surface area (Å²) >= 11 is 5.94. The van der Waals surface area contributed by atoms with Crippen molar-refractivity contribution in [3.63, 3.8) is 0 Å². The number of hydrogen-bond acceptors (Lipinski definition) is 4. The highest BCUT2D eigenvalue weighted by atomic mass is 35.5. The van der Waals surface area contributed by atoms with E-state index in [-0.39, 0.29) is 11.8 Å². The van der Waals surface area contributed by atoms with E-state index >= 15 is 0 Å². The van der Waals surface area contributed by atoms with Crippen molar-refractivity contribution in [2.24, 2.45) is 5.92 Å². The largest absolute Gasteiger partial charge is 0.355 e. The third-order valence-corrected chi connectivity index (χ3v) is 3.99. The molecule has 2 heterocycles. The fourth-order valence-corrected chi connectivity index (χ4v) is 2.85. The van der Waals surface area contributed by atoms with Gasteiger partial charge in [0.05, 0.1) is 12.1 Å². The average Bonchev–Trinajstić information content (AvgIpc) is 2.56. The Hall–Kier alpha value is -2.14. The lowest BCUT2D eigenvalue weighted by atomic mass is 9.97. The second-order valence-electron chi connectivity index (χ2n) is 5.35. The molecule has 5 nitrogen and oxygen atoms in total. The molecule has 1 fully saturated rings. The van der Waals surface area contributed by atoms with E-state index in [1.165, 1.54) is 0 Å². The molecule has 1 aliphatic rings. The van der Waals surface area contributed by atoms with Gasteiger partial charge in [-0.15, -0.1) is 0 Å². The van der Waals surface area contributed by atoms with Crippen molar-refractivity contribution in [3.8, 4) is 0 Å². The molecule has 0 aliphatic carbocycles. The third-order valence-electron chi connectivity index (χ3n) is 3.76. The summed E-state index contributed by atoms with van der Waals surface area (Å²) in [4.78, 5) is 22.9. The zero-order valence-electron chi connectivity index (χ0n) is 12.1. The van der Waals surface area contributed by atoms with Gasteiger partial charge in [-0.05, 0) is 31.0 Å². The van der Waals surface area contributed by atoms with Crippen LogP contribution in [0.15, 0.2) is 42.9 Å². The number of nitrogens with one attached hydrogen (secondary N) is 1. The minimum absolute atomic E-state index is 0.0239. The highest BCUT2D eigenvalue weighted by Gasteiger charge is 2.26. The summed E-state index contributed by atoms with van der Waals surface area (Å²) in [5, 5.41) is 3.55. The summed E-state index contributed by atoms with van der Waals surface area (Å²) in [6, 6.07) is 7.20. The number of aromatic nitrogens is 2. The number of rotatable bonds is 3. The molecule has 0 bridgehead atoms. The maximum atomic E-state index is 12.4. The first kappa shape index (κ1) is 14.8. The van der Waals surface area contributed by atoms with Crippen LogP contribution in [-0.4, -0.2) is 29.0 Å². The fourth-order valence-electron chi connectivity index (χ4n) is 2.66. The minimum Gasteiger partial charge on any atom is -0.355 e. The Balaban J connectivity index is 1.65. The Labute approximate surface area is 134 Å². The van der Waals surface area contributed by atoms with Crippen LogP contribution >= 0.6 is 11.6 Å². The second-order valence-corrected chi connectivity index (χ2v) is 5.78. The highest BCUT2D eigenvalue weighted by Crippen LogP contribution is 2.23. The third kappa shape index (κ3) is 3.54. The first-order chi connectivity index (χ1) is 10.7. The van der Waals surface area contributed by atoms with Crippen LogP contribution in [0.1, 0.15) is 12.8 Å². The van der Waals surface area contributed by atoms with Crippen LogP contribution in [0.3, 0.4) is 0 Å². The molecule has 3 rings (SSSR count). The first-order valence-electron chi connectivity index (χ1n) is 7.30. The van der Waals surface area contributed by atoms with Gasteiger partial charge in [0, 0.05) is 36.2 Å². The number of piperidine rings is 1. The molecule has 114 valence electrons. The Morgan fingerprint density at radius 2 is 2.27 bits per heavy atom.